The molecule has 3 aromatic rings. The maximum Gasteiger partial charge on any atom is 0.209 e. The van der Waals surface area contributed by atoms with E-state index in [-0.39, 0.29) is 5.82 Å². The summed E-state index contributed by atoms with van der Waals surface area (Å²) in [5.74, 6) is 0.930. The van der Waals surface area contributed by atoms with Crippen LogP contribution < -0.4 is 0 Å². The number of aromatic amines is 1. The lowest BCUT2D eigenvalue weighted by molar-refractivity contribution is 0.627. The van der Waals surface area contributed by atoms with Crippen molar-refractivity contribution >= 4 is 39.3 Å². The highest BCUT2D eigenvalue weighted by molar-refractivity contribution is 9.10. The Bertz CT molecular complexity index is 809. The fraction of sp³-hybridized carbons (Fsp3) is 0.0667. The van der Waals surface area contributed by atoms with Crippen LogP contribution in [-0.4, -0.2) is 15.2 Å². The molecule has 1 aromatic heterocycles. The number of nitrogens with zero attached hydrogens (tertiary/aromatic N) is 2. The predicted octanol–water partition coefficient (Wildman–Crippen LogP) is 5.32. The summed E-state index contributed by atoms with van der Waals surface area (Å²) in [4.78, 5) is 4.45. The summed E-state index contributed by atoms with van der Waals surface area (Å²) >= 11 is 10.9. The number of aromatic nitrogens is 3. The van der Waals surface area contributed by atoms with Crippen molar-refractivity contribution in [2.45, 2.75) is 10.9 Å². The van der Waals surface area contributed by atoms with E-state index in [1.807, 2.05) is 24.3 Å². The molecular formula is C15H10BrClFN3S. The smallest absolute Gasteiger partial charge is 0.209 e. The quantitative estimate of drug-likeness (QED) is 0.605. The van der Waals surface area contributed by atoms with E-state index in [0.29, 0.717) is 21.8 Å². The Kier molecular flexibility index (Phi) is 4.81. The zero-order chi connectivity index (χ0) is 15.5. The molecule has 0 saturated carbocycles. The average molecular weight is 399 g/mol. The maximum atomic E-state index is 13.0. The Balaban J connectivity index is 1.74. The van der Waals surface area contributed by atoms with Crippen molar-refractivity contribution in [1.29, 1.82) is 0 Å². The summed E-state index contributed by atoms with van der Waals surface area (Å²) in [6, 6.07) is 12.2. The summed E-state index contributed by atoms with van der Waals surface area (Å²) in [6.45, 7) is 0. The fourth-order valence-corrected chi connectivity index (χ4v) is 3.45. The van der Waals surface area contributed by atoms with Gasteiger partial charge in [0, 0.05) is 20.8 Å². The highest BCUT2D eigenvalue weighted by Gasteiger charge is 2.10. The van der Waals surface area contributed by atoms with Gasteiger partial charge < -0.3 is 0 Å². The van der Waals surface area contributed by atoms with E-state index in [2.05, 4.69) is 31.1 Å². The zero-order valence-electron chi connectivity index (χ0n) is 11.2. The molecule has 112 valence electrons. The monoisotopic (exact) mass is 397 g/mol. The largest absolute Gasteiger partial charge is 0.258 e. The molecule has 0 aliphatic rings. The van der Waals surface area contributed by atoms with Crippen LogP contribution in [0, 0.1) is 5.82 Å². The molecule has 7 heteroatoms. The summed E-state index contributed by atoms with van der Waals surface area (Å²) in [5, 5.41) is 8.13. The van der Waals surface area contributed by atoms with E-state index >= 15 is 0 Å². The van der Waals surface area contributed by atoms with Gasteiger partial charge in [0.2, 0.25) is 5.16 Å². The summed E-state index contributed by atoms with van der Waals surface area (Å²) in [6.07, 6.45) is 0. The Morgan fingerprint density at radius 1 is 1.23 bits per heavy atom. The van der Waals surface area contributed by atoms with Gasteiger partial charge in [-0.2, -0.15) is 0 Å². The molecule has 0 atom stereocenters. The number of halogens is 3. The van der Waals surface area contributed by atoms with Crippen molar-refractivity contribution in [3.8, 4) is 11.4 Å². The summed E-state index contributed by atoms with van der Waals surface area (Å²) in [5.41, 5.74) is 1.79. The number of benzene rings is 2. The number of hydrogen-bond donors (Lipinski definition) is 1. The van der Waals surface area contributed by atoms with Gasteiger partial charge in [-0.05, 0) is 23.8 Å². The van der Waals surface area contributed by atoms with E-state index in [1.165, 1.54) is 23.9 Å². The van der Waals surface area contributed by atoms with E-state index in [1.54, 1.807) is 6.07 Å². The topological polar surface area (TPSA) is 41.6 Å². The minimum Gasteiger partial charge on any atom is -0.258 e. The third-order valence-corrected chi connectivity index (χ3v) is 4.91. The zero-order valence-corrected chi connectivity index (χ0v) is 14.3. The normalized spacial score (nSPS) is 10.9. The Hall–Kier alpha value is -1.37. The standard InChI is InChI=1S/C15H10BrClFN3S/c16-12-4-2-1-3-11(12)14-19-15(21-20-14)22-8-9-5-6-10(18)7-13(9)17/h1-7H,8H2,(H,19,20,21). The van der Waals surface area contributed by atoms with Gasteiger partial charge in [0.1, 0.15) is 5.82 Å². The van der Waals surface area contributed by atoms with Crippen molar-refractivity contribution in [3.05, 3.63) is 63.3 Å². The molecule has 1 N–H and O–H groups in total. The van der Waals surface area contributed by atoms with E-state index in [9.17, 15) is 4.39 Å². The van der Waals surface area contributed by atoms with Crippen LogP contribution in [0.4, 0.5) is 4.39 Å². The van der Waals surface area contributed by atoms with Gasteiger partial charge in [-0.3, -0.25) is 5.10 Å². The minimum atomic E-state index is -0.340. The molecule has 0 unspecified atom stereocenters. The number of rotatable bonds is 4. The van der Waals surface area contributed by atoms with Crippen molar-refractivity contribution in [2.24, 2.45) is 0 Å². The van der Waals surface area contributed by atoms with Crippen molar-refractivity contribution < 1.29 is 4.39 Å². The molecule has 0 spiro atoms. The van der Waals surface area contributed by atoms with Crippen LogP contribution in [0.5, 0.6) is 0 Å². The highest BCUT2D eigenvalue weighted by Crippen LogP contribution is 2.29. The molecule has 3 rings (SSSR count). The van der Waals surface area contributed by atoms with Gasteiger partial charge in [-0.15, -0.1) is 5.10 Å². The van der Waals surface area contributed by atoms with Gasteiger partial charge in [-0.25, -0.2) is 9.37 Å². The number of hydrogen-bond acceptors (Lipinski definition) is 3. The first-order chi connectivity index (χ1) is 10.6. The lowest BCUT2D eigenvalue weighted by Gasteiger charge is -2.01. The number of nitrogens with one attached hydrogen (secondary N) is 1. The summed E-state index contributed by atoms with van der Waals surface area (Å²) in [7, 11) is 0. The molecule has 2 aromatic carbocycles. The molecule has 0 aliphatic carbocycles. The van der Waals surface area contributed by atoms with Crippen molar-refractivity contribution in [1.82, 2.24) is 15.2 Å². The van der Waals surface area contributed by atoms with E-state index in [0.717, 1.165) is 15.6 Å². The predicted molar refractivity (Wildman–Crippen MR) is 90.5 cm³/mol. The van der Waals surface area contributed by atoms with Gasteiger partial charge in [-0.1, -0.05) is 63.6 Å². The van der Waals surface area contributed by atoms with Gasteiger partial charge >= 0.3 is 0 Å². The van der Waals surface area contributed by atoms with Gasteiger partial charge in [0.15, 0.2) is 5.82 Å². The van der Waals surface area contributed by atoms with Crippen LogP contribution in [0.15, 0.2) is 52.1 Å². The third kappa shape index (κ3) is 3.51. The first-order valence-electron chi connectivity index (χ1n) is 6.37. The molecule has 3 nitrogen and oxygen atoms in total. The number of thioether (sulfide) groups is 1. The Labute approximate surface area is 144 Å². The van der Waals surface area contributed by atoms with Crippen LogP contribution in [0.2, 0.25) is 5.02 Å². The first kappa shape index (κ1) is 15.5. The van der Waals surface area contributed by atoms with Gasteiger partial charge in [0.25, 0.3) is 0 Å². The average Bonchev–Trinajstić information content (AvgIpc) is 2.95. The highest BCUT2D eigenvalue weighted by atomic mass is 79.9. The molecule has 0 amide bonds. The molecular weight excluding hydrogens is 389 g/mol. The van der Waals surface area contributed by atoms with Crippen LogP contribution in [0.3, 0.4) is 0 Å². The molecule has 0 saturated heterocycles. The van der Waals surface area contributed by atoms with Crippen LogP contribution in [0.25, 0.3) is 11.4 Å². The van der Waals surface area contributed by atoms with Crippen LogP contribution >= 0.6 is 39.3 Å². The molecule has 0 radical (unpaired) electrons. The lowest BCUT2D eigenvalue weighted by Crippen LogP contribution is -1.85. The van der Waals surface area contributed by atoms with Crippen LogP contribution in [0.1, 0.15) is 5.56 Å². The third-order valence-electron chi connectivity index (χ3n) is 2.97. The second-order valence-corrected chi connectivity index (χ2v) is 6.67. The van der Waals surface area contributed by atoms with Crippen LogP contribution in [-0.2, 0) is 5.75 Å². The molecule has 0 fully saturated rings. The Morgan fingerprint density at radius 2 is 2.05 bits per heavy atom. The fourth-order valence-electron chi connectivity index (χ4n) is 1.87. The molecule has 0 aliphatic heterocycles. The van der Waals surface area contributed by atoms with E-state index < -0.39 is 0 Å². The number of H-pyrrole nitrogens is 1. The first-order valence-corrected chi connectivity index (χ1v) is 8.53. The second-order valence-electron chi connectivity index (χ2n) is 4.47. The minimum absolute atomic E-state index is 0.340. The van der Waals surface area contributed by atoms with E-state index in [4.69, 9.17) is 11.6 Å². The SMILES string of the molecule is Fc1ccc(CSc2n[nH]c(-c3ccccc3Br)n2)c(Cl)c1. The molecule has 1 heterocycles. The van der Waals surface area contributed by atoms with Gasteiger partial charge in [0.05, 0.1) is 0 Å². The molecule has 0 bridgehead atoms. The maximum absolute atomic E-state index is 13.0. The van der Waals surface area contributed by atoms with Crippen molar-refractivity contribution in [2.75, 3.05) is 0 Å². The second kappa shape index (κ2) is 6.81. The summed E-state index contributed by atoms with van der Waals surface area (Å²) < 4.78 is 14.0. The lowest BCUT2D eigenvalue weighted by atomic mass is 10.2. The Morgan fingerprint density at radius 3 is 2.82 bits per heavy atom. The molecule has 22 heavy (non-hydrogen) atoms. The van der Waals surface area contributed by atoms with Crippen molar-refractivity contribution in [3.63, 3.8) is 0 Å².